The standard InChI is InChI=1S/C15H18N4O/c1-15(16,12-6-4-3-5-7-12)14(20)19(2)11-13-10-17-8-9-18-13/h3-10H,11,16H2,1-2H3. The molecule has 0 aliphatic carbocycles. The van der Waals surface area contributed by atoms with E-state index in [9.17, 15) is 4.79 Å². The number of rotatable bonds is 4. The highest BCUT2D eigenvalue weighted by atomic mass is 16.2. The SMILES string of the molecule is CN(Cc1cnccn1)C(=O)C(C)(N)c1ccccc1. The molecule has 20 heavy (non-hydrogen) atoms. The average Bonchev–Trinajstić information content (AvgIpc) is 2.48. The van der Waals surface area contributed by atoms with Gasteiger partial charge in [-0.05, 0) is 12.5 Å². The quantitative estimate of drug-likeness (QED) is 0.909. The van der Waals surface area contributed by atoms with Gasteiger partial charge in [-0.3, -0.25) is 14.8 Å². The Kier molecular flexibility index (Phi) is 4.10. The fourth-order valence-electron chi connectivity index (χ4n) is 2.03. The first-order chi connectivity index (χ1) is 9.51. The largest absolute Gasteiger partial charge is 0.338 e. The zero-order chi connectivity index (χ0) is 14.6. The topological polar surface area (TPSA) is 72.1 Å². The summed E-state index contributed by atoms with van der Waals surface area (Å²) < 4.78 is 0. The van der Waals surface area contributed by atoms with Gasteiger partial charge >= 0.3 is 0 Å². The van der Waals surface area contributed by atoms with E-state index in [1.807, 2.05) is 30.3 Å². The van der Waals surface area contributed by atoms with Gasteiger partial charge in [0.15, 0.2) is 0 Å². The molecule has 0 saturated heterocycles. The van der Waals surface area contributed by atoms with E-state index in [-0.39, 0.29) is 5.91 Å². The summed E-state index contributed by atoms with van der Waals surface area (Å²) in [5.74, 6) is -0.158. The van der Waals surface area contributed by atoms with Gasteiger partial charge < -0.3 is 10.6 Å². The van der Waals surface area contributed by atoms with Crippen LogP contribution in [-0.2, 0) is 16.9 Å². The van der Waals surface area contributed by atoms with Crippen molar-refractivity contribution in [1.29, 1.82) is 0 Å². The molecule has 0 bridgehead atoms. The maximum Gasteiger partial charge on any atom is 0.247 e. The van der Waals surface area contributed by atoms with Crippen molar-refractivity contribution < 1.29 is 4.79 Å². The number of aromatic nitrogens is 2. The van der Waals surface area contributed by atoms with Gasteiger partial charge in [0.2, 0.25) is 5.91 Å². The molecule has 5 heteroatoms. The van der Waals surface area contributed by atoms with Crippen LogP contribution in [-0.4, -0.2) is 27.8 Å². The zero-order valence-electron chi connectivity index (χ0n) is 11.7. The fourth-order valence-corrected chi connectivity index (χ4v) is 2.03. The highest BCUT2D eigenvalue weighted by Crippen LogP contribution is 2.20. The molecule has 104 valence electrons. The Morgan fingerprint density at radius 1 is 1.30 bits per heavy atom. The third-order valence-electron chi connectivity index (χ3n) is 3.18. The van der Waals surface area contributed by atoms with E-state index < -0.39 is 5.54 Å². The number of nitrogens with two attached hydrogens (primary N) is 1. The number of likely N-dealkylation sites (N-methyl/N-ethyl adjacent to an activating group) is 1. The van der Waals surface area contributed by atoms with Gasteiger partial charge in [-0.2, -0.15) is 0 Å². The molecule has 0 radical (unpaired) electrons. The molecular weight excluding hydrogens is 252 g/mol. The van der Waals surface area contributed by atoms with Crippen LogP contribution in [0.2, 0.25) is 0 Å². The molecule has 1 aromatic heterocycles. The van der Waals surface area contributed by atoms with E-state index in [4.69, 9.17) is 5.73 Å². The van der Waals surface area contributed by atoms with E-state index in [1.165, 1.54) is 0 Å². The molecule has 0 aliphatic heterocycles. The summed E-state index contributed by atoms with van der Waals surface area (Å²) in [5, 5.41) is 0. The number of hydrogen-bond donors (Lipinski definition) is 1. The first-order valence-corrected chi connectivity index (χ1v) is 6.36. The van der Waals surface area contributed by atoms with Crippen molar-refractivity contribution >= 4 is 5.91 Å². The van der Waals surface area contributed by atoms with E-state index in [1.54, 1.807) is 37.5 Å². The van der Waals surface area contributed by atoms with Gasteiger partial charge in [0.25, 0.3) is 0 Å². The molecule has 1 heterocycles. The lowest BCUT2D eigenvalue weighted by molar-refractivity contribution is -0.136. The van der Waals surface area contributed by atoms with Crippen LogP contribution < -0.4 is 5.73 Å². The molecule has 2 N–H and O–H groups in total. The van der Waals surface area contributed by atoms with Crippen LogP contribution in [0.4, 0.5) is 0 Å². The number of carbonyl (C=O) groups excluding carboxylic acids is 1. The number of carbonyl (C=O) groups is 1. The van der Waals surface area contributed by atoms with Crippen LogP contribution in [0.5, 0.6) is 0 Å². The number of hydrogen-bond acceptors (Lipinski definition) is 4. The first kappa shape index (κ1) is 14.1. The minimum atomic E-state index is -1.06. The number of nitrogens with zero attached hydrogens (tertiary/aromatic N) is 3. The highest BCUT2D eigenvalue weighted by molar-refractivity contribution is 5.86. The van der Waals surface area contributed by atoms with Crippen molar-refractivity contribution in [2.75, 3.05) is 7.05 Å². The Morgan fingerprint density at radius 2 is 2.00 bits per heavy atom. The number of benzene rings is 1. The Bertz CT molecular complexity index is 569. The molecule has 0 fully saturated rings. The summed E-state index contributed by atoms with van der Waals surface area (Å²) in [6.07, 6.45) is 4.84. The summed E-state index contributed by atoms with van der Waals surface area (Å²) in [5.41, 5.74) is 6.67. The predicted molar refractivity (Wildman–Crippen MR) is 76.5 cm³/mol. The maximum atomic E-state index is 12.5. The van der Waals surface area contributed by atoms with Crippen molar-refractivity contribution in [3.8, 4) is 0 Å². The third kappa shape index (κ3) is 3.00. The highest BCUT2D eigenvalue weighted by Gasteiger charge is 2.33. The van der Waals surface area contributed by atoms with Gasteiger partial charge in [-0.25, -0.2) is 0 Å². The van der Waals surface area contributed by atoms with Crippen molar-refractivity contribution in [3.63, 3.8) is 0 Å². The zero-order valence-corrected chi connectivity index (χ0v) is 11.7. The average molecular weight is 270 g/mol. The summed E-state index contributed by atoms with van der Waals surface area (Å²) >= 11 is 0. The first-order valence-electron chi connectivity index (χ1n) is 6.36. The van der Waals surface area contributed by atoms with Crippen LogP contribution >= 0.6 is 0 Å². The molecule has 1 atom stereocenters. The summed E-state index contributed by atoms with van der Waals surface area (Å²) in [6.45, 7) is 2.10. The lowest BCUT2D eigenvalue weighted by Crippen LogP contribution is -2.49. The van der Waals surface area contributed by atoms with E-state index >= 15 is 0 Å². The van der Waals surface area contributed by atoms with E-state index in [0.29, 0.717) is 6.54 Å². The summed E-state index contributed by atoms with van der Waals surface area (Å²) in [4.78, 5) is 22.2. The van der Waals surface area contributed by atoms with Crippen LogP contribution in [0, 0.1) is 0 Å². The second-order valence-corrected chi connectivity index (χ2v) is 4.93. The van der Waals surface area contributed by atoms with E-state index in [2.05, 4.69) is 9.97 Å². The Balaban J connectivity index is 2.14. The Hall–Kier alpha value is -2.27. The monoisotopic (exact) mass is 270 g/mol. The van der Waals surface area contributed by atoms with Gasteiger partial charge in [0, 0.05) is 19.4 Å². The molecule has 5 nitrogen and oxygen atoms in total. The summed E-state index contributed by atoms with van der Waals surface area (Å²) in [6, 6.07) is 9.35. The molecule has 0 spiro atoms. The van der Waals surface area contributed by atoms with Crippen LogP contribution in [0.25, 0.3) is 0 Å². The molecule has 0 aliphatic rings. The predicted octanol–water partition coefficient (Wildman–Crippen LogP) is 1.31. The third-order valence-corrected chi connectivity index (χ3v) is 3.18. The van der Waals surface area contributed by atoms with Crippen LogP contribution in [0.15, 0.2) is 48.9 Å². The number of amides is 1. The maximum absolute atomic E-state index is 12.5. The minimum Gasteiger partial charge on any atom is -0.338 e. The minimum absolute atomic E-state index is 0.158. The van der Waals surface area contributed by atoms with Crippen molar-refractivity contribution in [1.82, 2.24) is 14.9 Å². The Morgan fingerprint density at radius 3 is 2.60 bits per heavy atom. The lowest BCUT2D eigenvalue weighted by atomic mass is 9.92. The molecule has 2 aromatic rings. The van der Waals surface area contributed by atoms with Crippen LogP contribution in [0.3, 0.4) is 0 Å². The van der Waals surface area contributed by atoms with Gasteiger partial charge in [-0.1, -0.05) is 30.3 Å². The second-order valence-electron chi connectivity index (χ2n) is 4.93. The second kappa shape index (κ2) is 5.79. The van der Waals surface area contributed by atoms with Gasteiger partial charge in [0.1, 0.15) is 5.54 Å². The molecule has 1 unspecified atom stereocenters. The Labute approximate surface area is 118 Å². The molecule has 1 amide bonds. The van der Waals surface area contributed by atoms with Gasteiger partial charge in [-0.15, -0.1) is 0 Å². The van der Waals surface area contributed by atoms with E-state index in [0.717, 1.165) is 11.3 Å². The van der Waals surface area contributed by atoms with Crippen molar-refractivity contribution in [2.24, 2.45) is 5.73 Å². The van der Waals surface area contributed by atoms with Crippen molar-refractivity contribution in [2.45, 2.75) is 19.0 Å². The van der Waals surface area contributed by atoms with Crippen molar-refractivity contribution in [3.05, 3.63) is 60.2 Å². The molecule has 0 saturated carbocycles. The van der Waals surface area contributed by atoms with Gasteiger partial charge in [0.05, 0.1) is 18.4 Å². The fraction of sp³-hybridized carbons (Fsp3) is 0.267. The lowest BCUT2D eigenvalue weighted by Gasteiger charge is -2.29. The molecule has 1 aromatic carbocycles. The van der Waals surface area contributed by atoms with Crippen LogP contribution in [0.1, 0.15) is 18.2 Å². The molecular formula is C15H18N4O. The smallest absolute Gasteiger partial charge is 0.247 e. The molecule has 2 rings (SSSR count). The summed E-state index contributed by atoms with van der Waals surface area (Å²) in [7, 11) is 1.71. The normalized spacial score (nSPS) is 13.6.